The van der Waals surface area contributed by atoms with Gasteiger partial charge in [0.05, 0.1) is 17.9 Å². The van der Waals surface area contributed by atoms with E-state index in [1.807, 2.05) is 41.5 Å². The molecule has 4 nitrogen and oxygen atoms in total. The van der Waals surface area contributed by atoms with Crippen molar-refractivity contribution in [3.8, 4) is 0 Å². The first-order valence-electron chi connectivity index (χ1n) is 6.13. The van der Waals surface area contributed by atoms with Gasteiger partial charge in [-0.3, -0.25) is 10.1 Å². The lowest BCUT2D eigenvalue weighted by molar-refractivity contribution is -0.120. The van der Waals surface area contributed by atoms with Crippen LogP contribution >= 0.6 is 23.5 Å². The third-order valence-electron chi connectivity index (χ3n) is 3.66. The maximum atomic E-state index is 11.9. The Labute approximate surface area is 115 Å². The molecule has 6 heteroatoms. The molecule has 3 heterocycles. The lowest BCUT2D eigenvalue weighted by atomic mass is 9.90. The molecule has 1 aromatic rings. The zero-order valence-corrected chi connectivity index (χ0v) is 12.2. The summed E-state index contributed by atoms with van der Waals surface area (Å²) in [6.07, 6.45) is 3.87. The molecule has 0 aliphatic carbocycles. The lowest BCUT2D eigenvalue weighted by Crippen LogP contribution is -2.35. The summed E-state index contributed by atoms with van der Waals surface area (Å²) in [4.78, 5) is 16.4. The minimum Gasteiger partial charge on any atom is -0.340 e. The van der Waals surface area contributed by atoms with Crippen LogP contribution in [0, 0.1) is 5.92 Å². The highest BCUT2D eigenvalue weighted by molar-refractivity contribution is 8.21. The molecule has 3 rings (SSSR count). The molecule has 1 spiro atoms. The zero-order valence-electron chi connectivity index (χ0n) is 10.5. The molecule has 0 aromatic carbocycles. The zero-order chi connectivity index (χ0) is 12.8. The Morgan fingerprint density at radius 1 is 1.56 bits per heavy atom. The summed E-state index contributed by atoms with van der Waals surface area (Å²) in [5.41, 5.74) is 1.05. The van der Waals surface area contributed by atoms with Crippen molar-refractivity contribution in [3.63, 3.8) is 0 Å². The van der Waals surface area contributed by atoms with E-state index >= 15 is 0 Å². The highest BCUT2D eigenvalue weighted by Gasteiger charge is 2.54. The molecule has 18 heavy (non-hydrogen) atoms. The van der Waals surface area contributed by atoms with Crippen molar-refractivity contribution >= 4 is 29.3 Å². The van der Waals surface area contributed by atoms with Gasteiger partial charge in [0, 0.05) is 37.2 Å². The number of aryl methyl sites for hydroxylation is 1. The molecule has 2 aliphatic rings. The number of rotatable bonds is 2. The second-order valence-corrected chi connectivity index (χ2v) is 7.84. The Morgan fingerprint density at radius 3 is 2.83 bits per heavy atom. The van der Waals surface area contributed by atoms with Gasteiger partial charge in [0.1, 0.15) is 9.99 Å². The minimum absolute atomic E-state index is 0.0370. The highest BCUT2D eigenvalue weighted by atomic mass is 32.2. The molecule has 0 unspecified atom stereocenters. The summed E-state index contributed by atoms with van der Waals surface area (Å²) in [6, 6.07) is 0. The number of imidazole rings is 1. The van der Waals surface area contributed by atoms with Gasteiger partial charge in [0.15, 0.2) is 0 Å². The number of Topliss-reactive ketones (excluding diaryl/α,β-unsaturated/α-hetero) is 1. The predicted molar refractivity (Wildman–Crippen MR) is 75.8 cm³/mol. The second kappa shape index (κ2) is 4.58. The fraction of sp³-hybridized carbons (Fsp3) is 0.667. The normalized spacial score (nSPS) is 30.1. The maximum Gasteiger partial charge on any atom is 0.134 e. The van der Waals surface area contributed by atoms with Crippen LogP contribution in [0.2, 0.25) is 0 Å². The van der Waals surface area contributed by atoms with Crippen molar-refractivity contribution in [2.75, 3.05) is 18.1 Å². The largest absolute Gasteiger partial charge is 0.340 e. The van der Waals surface area contributed by atoms with Gasteiger partial charge in [-0.15, -0.1) is 23.5 Å². The number of hydrogen-bond acceptors (Lipinski definition) is 5. The first-order chi connectivity index (χ1) is 8.62. The molecule has 0 bridgehead atoms. The summed E-state index contributed by atoms with van der Waals surface area (Å²) >= 11 is 3.87. The molecule has 0 amide bonds. The molecule has 1 N–H and O–H groups in total. The monoisotopic (exact) mass is 283 g/mol. The van der Waals surface area contributed by atoms with Gasteiger partial charge < -0.3 is 4.57 Å². The number of carbonyl (C=O) groups is 1. The number of ketones is 1. The molecule has 2 saturated heterocycles. The highest BCUT2D eigenvalue weighted by Crippen LogP contribution is 2.56. The smallest absolute Gasteiger partial charge is 0.134 e. The number of nitrogens with zero attached hydrogens (tertiary/aromatic N) is 2. The summed E-state index contributed by atoms with van der Waals surface area (Å²) in [5.74, 6) is 2.80. The van der Waals surface area contributed by atoms with Gasteiger partial charge in [-0.1, -0.05) is 0 Å². The molecule has 2 fully saturated rings. The molecule has 0 radical (unpaired) electrons. The number of thioether (sulfide) groups is 2. The van der Waals surface area contributed by atoms with Crippen molar-refractivity contribution in [2.45, 2.75) is 17.0 Å². The topological polar surface area (TPSA) is 46.9 Å². The van der Waals surface area contributed by atoms with E-state index in [2.05, 4.69) is 16.5 Å². The Hall–Kier alpha value is -0.460. The first-order valence-corrected chi connectivity index (χ1v) is 8.11. The van der Waals surface area contributed by atoms with E-state index in [9.17, 15) is 4.79 Å². The Bertz CT molecular complexity index is 468. The van der Waals surface area contributed by atoms with Crippen LogP contribution in [-0.4, -0.2) is 37.6 Å². The van der Waals surface area contributed by atoms with E-state index in [1.165, 1.54) is 0 Å². The minimum atomic E-state index is -0.0370. The third kappa shape index (κ3) is 1.90. The van der Waals surface area contributed by atoms with Gasteiger partial charge in [-0.05, 0) is 6.92 Å². The first kappa shape index (κ1) is 12.6. The van der Waals surface area contributed by atoms with E-state index in [0.717, 1.165) is 23.7 Å². The number of hydrogen-bond donors (Lipinski definition) is 1. The van der Waals surface area contributed by atoms with Crippen LogP contribution in [0.5, 0.6) is 0 Å². The molecule has 2 aliphatic heterocycles. The lowest BCUT2D eigenvalue weighted by Gasteiger charge is -2.29. The van der Waals surface area contributed by atoms with Gasteiger partial charge in [0.25, 0.3) is 0 Å². The van der Waals surface area contributed by atoms with E-state index in [0.29, 0.717) is 0 Å². The Kier molecular flexibility index (Phi) is 3.20. The van der Waals surface area contributed by atoms with Crippen LogP contribution in [0.3, 0.4) is 0 Å². The summed E-state index contributed by atoms with van der Waals surface area (Å²) < 4.78 is 1.92. The second-order valence-electron chi connectivity index (χ2n) is 4.90. The fourth-order valence-corrected chi connectivity index (χ4v) is 6.23. The molecule has 98 valence electrons. The number of nitrogens with one attached hydrogen (secondary N) is 1. The third-order valence-corrected chi connectivity index (χ3v) is 7.10. The van der Waals surface area contributed by atoms with Crippen LogP contribution in [0.15, 0.2) is 12.5 Å². The Balaban J connectivity index is 2.00. The maximum absolute atomic E-state index is 11.9. The Morgan fingerprint density at radius 2 is 2.28 bits per heavy atom. The standard InChI is InChI=1S/C12H17N3OS2/c1-8(16)9-5-14-12(17-3-4-18-12)11(9)10-6-15(2)7-13-10/h6-7,9,11,14H,3-5H2,1-2H3/t9-,11+/m0/s1. The molecular weight excluding hydrogens is 266 g/mol. The summed E-state index contributed by atoms with van der Waals surface area (Å²) in [7, 11) is 1.98. The summed E-state index contributed by atoms with van der Waals surface area (Å²) in [5, 5.41) is 3.58. The van der Waals surface area contributed by atoms with E-state index in [-0.39, 0.29) is 21.8 Å². The van der Waals surface area contributed by atoms with Crippen molar-refractivity contribution in [1.82, 2.24) is 14.9 Å². The van der Waals surface area contributed by atoms with Crippen LogP contribution < -0.4 is 5.32 Å². The quantitative estimate of drug-likeness (QED) is 0.890. The molecule has 2 atom stereocenters. The van der Waals surface area contributed by atoms with Crippen LogP contribution in [0.25, 0.3) is 0 Å². The van der Waals surface area contributed by atoms with Crippen molar-refractivity contribution in [2.24, 2.45) is 13.0 Å². The number of aromatic nitrogens is 2. The molecule has 0 saturated carbocycles. The van der Waals surface area contributed by atoms with E-state index in [4.69, 9.17) is 0 Å². The average Bonchev–Trinajstić information content (AvgIpc) is 3.01. The van der Waals surface area contributed by atoms with Gasteiger partial charge in [0.2, 0.25) is 0 Å². The van der Waals surface area contributed by atoms with Crippen molar-refractivity contribution < 1.29 is 4.79 Å². The van der Waals surface area contributed by atoms with Gasteiger partial charge in [-0.25, -0.2) is 4.98 Å². The van der Waals surface area contributed by atoms with Crippen molar-refractivity contribution in [1.29, 1.82) is 0 Å². The fourth-order valence-electron chi connectivity index (χ4n) is 2.83. The van der Waals surface area contributed by atoms with Gasteiger partial charge >= 0.3 is 0 Å². The van der Waals surface area contributed by atoms with Crippen molar-refractivity contribution in [3.05, 3.63) is 18.2 Å². The average molecular weight is 283 g/mol. The van der Waals surface area contributed by atoms with Gasteiger partial charge in [-0.2, -0.15) is 0 Å². The molecular formula is C12H17N3OS2. The SMILES string of the molecule is CC(=O)[C@@H]1CNC2(SCCS2)[C@H]1c1cn(C)cn1. The van der Waals surface area contributed by atoms with E-state index < -0.39 is 0 Å². The van der Waals surface area contributed by atoms with Crippen LogP contribution in [-0.2, 0) is 11.8 Å². The summed E-state index contributed by atoms with van der Waals surface area (Å²) in [6.45, 7) is 2.47. The van der Waals surface area contributed by atoms with Crippen LogP contribution in [0.4, 0.5) is 0 Å². The molecule has 1 aromatic heterocycles. The number of carbonyl (C=O) groups excluding carboxylic acids is 1. The predicted octanol–water partition coefficient (Wildman–Crippen LogP) is 1.45. The van der Waals surface area contributed by atoms with E-state index in [1.54, 1.807) is 6.92 Å². The van der Waals surface area contributed by atoms with Crippen LogP contribution in [0.1, 0.15) is 18.5 Å².